The summed E-state index contributed by atoms with van der Waals surface area (Å²) in [6.45, 7) is 7.79. The fraction of sp³-hybridized carbons (Fsp3) is 0.917. The molecule has 4 rings (SSSR count). The maximum atomic E-state index is 3.55. The molecule has 0 aromatic carbocycles. The molecule has 0 aromatic rings. The van der Waals surface area contributed by atoms with Gasteiger partial charge in [0.2, 0.25) is 0 Å². The highest BCUT2D eigenvalue weighted by molar-refractivity contribution is 5.26. The Hall–Kier alpha value is -0.340. The van der Waals surface area contributed by atoms with Crippen LogP contribution in [0, 0.1) is 34.5 Å². The molecule has 0 radical (unpaired) electrons. The summed E-state index contributed by atoms with van der Waals surface area (Å²) in [5.41, 5.74) is 2.89. The van der Waals surface area contributed by atoms with Gasteiger partial charge in [-0.25, -0.2) is 0 Å². The maximum Gasteiger partial charge on any atom is 0.0102 e. The van der Waals surface area contributed by atoms with E-state index >= 15 is 0 Å². The highest BCUT2D eigenvalue weighted by Crippen LogP contribution is 2.66. The second-order valence-electron chi connectivity index (χ2n) is 10.9. The third kappa shape index (κ3) is 2.65. The van der Waals surface area contributed by atoms with Crippen LogP contribution in [0.4, 0.5) is 0 Å². The molecule has 26 heavy (non-hydrogen) atoms. The van der Waals surface area contributed by atoms with E-state index in [0.29, 0.717) is 10.8 Å². The summed E-state index contributed by atoms with van der Waals surface area (Å²) in [5, 5.41) is 3.55. The fourth-order valence-corrected chi connectivity index (χ4v) is 8.10. The summed E-state index contributed by atoms with van der Waals surface area (Å²) >= 11 is 0. The SMILES string of the molecule is CN[C@@H]1CC[C@@]2(C)C(=CC[C@H]3[C@@H]4CC[C@H]([C@H](C)N(C)C)[C@@]4(C)CC[C@@H]32)C1. The van der Waals surface area contributed by atoms with Gasteiger partial charge in [-0.05, 0) is 114 Å². The molecule has 0 spiro atoms. The third-order valence-corrected chi connectivity index (χ3v) is 9.98. The summed E-state index contributed by atoms with van der Waals surface area (Å²) in [4.78, 5) is 2.48. The predicted octanol–water partition coefficient (Wildman–Crippen LogP) is 5.10. The van der Waals surface area contributed by atoms with Crippen LogP contribution in [-0.4, -0.2) is 38.1 Å². The standard InChI is InChI=1S/C24H42N2/c1-16(26(5)6)20-9-10-21-19-8-7-17-15-18(25-4)11-13-23(17,2)22(19)12-14-24(20,21)3/h7,16,18-22,25H,8-15H2,1-6H3/t16-,18+,19-,20+,21-,22-,23-,24+/m0/s1. The average Bonchev–Trinajstić information content (AvgIpc) is 2.97. The van der Waals surface area contributed by atoms with Crippen LogP contribution in [0.5, 0.6) is 0 Å². The van der Waals surface area contributed by atoms with E-state index in [9.17, 15) is 0 Å². The second-order valence-corrected chi connectivity index (χ2v) is 10.9. The number of rotatable bonds is 3. The number of allylic oxidation sites excluding steroid dienone is 1. The van der Waals surface area contributed by atoms with E-state index in [2.05, 4.69) is 58.2 Å². The lowest BCUT2D eigenvalue weighted by molar-refractivity contribution is -0.0529. The van der Waals surface area contributed by atoms with Crippen molar-refractivity contribution in [2.45, 2.75) is 84.2 Å². The zero-order valence-electron chi connectivity index (χ0n) is 18.1. The van der Waals surface area contributed by atoms with Gasteiger partial charge in [0.1, 0.15) is 0 Å². The van der Waals surface area contributed by atoms with Crippen molar-refractivity contribution in [3.05, 3.63) is 11.6 Å². The molecular formula is C24H42N2. The van der Waals surface area contributed by atoms with Crippen LogP contribution in [0.1, 0.15) is 72.1 Å². The Morgan fingerprint density at radius 2 is 1.85 bits per heavy atom. The van der Waals surface area contributed by atoms with Crippen LogP contribution < -0.4 is 5.32 Å². The van der Waals surface area contributed by atoms with Gasteiger partial charge >= 0.3 is 0 Å². The van der Waals surface area contributed by atoms with Crippen molar-refractivity contribution in [1.29, 1.82) is 0 Å². The van der Waals surface area contributed by atoms with Gasteiger partial charge in [-0.15, -0.1) is 0 Å². The normalized spacial score (nSPS) is 49.2. The number of nitrogens with zero attached hydrogens (tertiary/aromatic N) is 1. The van der Waals surface area contributed by atoms with Gasteiger partial charge in [-0.3, -0.25) is 0 Å². The summed E-state index contributed by atoms with van der Waals surface area (Å²) in [5.74, 6) is 3.76. The topological polar surface area (TPSA) is 15.3 Å². The Morgan fingerprint density at radius 3 is 2.54 bits per heavy atom. The molecule has 4 aliphatic carbocycles. The number of hydrogen-bond acceptors (Lipinski definition) is 2. The molecule has 3 saturated carbocycles. The zero-order valence-corrected chi connectivity index (χ0v) is 18.1. The van der Waals surface area contributed by atoms with Crippen molar-refractivity contribution in [1.82, 2.24) is 10.2 Å². The summed E-state index contributed by atoms with van der Waals surface area (Å²) < 4.78 is 0. The quantitative estimate of drug-likeness (QED) is 0.706. The van der Waals surface area contributed by atoms with E-state index in [-0.39, 0.29) is 0 Å². The summed E-state index contributed by atoms with van der Waals surface area (Å²) in [6, 6.07) is 1.44. The largest absolute Gasteiger partial charge is 0.317 e. The van der Waals surface area contributed by atoms with Crippen molar-refractivity contribution < 1.29 is 0 Å². The molecule has 0 heterocycles. The molecule has 1 N–H and O–H groups in total. The van der Waals surface area contributed by atoms with Crippen molar-refractivity contribution in [3.63, 3.8) is 0 Å². The molecule has 2 nitrogen and oxygen atoms in total. The first kappa shape index (κ1) is 19.0. The highest BCUT2D eigenvalue weighted by atomic mass is 15.1. The lowest BCUT2D eigenvalue weighted by Gasteiger charge is -2.58. The number of fused-ring (bicyclic) bond motifs is 5. The molecule has 0 aromatic heterocycles. The molecule has 0 saturated heterocycles. The first-order chi connectivity index (χ1) is 12.3. The van der Waals surface area contributed by atoms with E-state index in [0.717, 1.165) is 35.8 Å². The van der Waals surface area contributed by atoms with Crippen molar-refractivity contribution in [3.8, 4) is 0 Å². The smallest absolute Gasteiger partial charge is 0.0102 e. The fourth-order valence-electron chi connectivity index (χ4n) is 8.10. The van der Waals surface area contributed by atoms with Crippen LogP contribution >= 0.6 is 0 Å². The van der Waals surface area contributed by atoms with Gasteiger partial charge < -0.3 is 10.2 Å². The molecule has 148 valence electrons. The van der Waals surface area contributed by atoms with Crippen LogP contribution in [0.3, 0.4) is 0 Å². The average molecular weight is 359 g/mol. The Balaban J connectivity index is 1.60. The molecule has 0 aliphatic heterocycles. The molecule has 0 unspecified atom stereocenters. The van der Waals surface area contributed by atoms with E-state index in [1.54, 1.807) is 0 Å². The predicted molar refractivity (Wildman–Crippen MR) is 111 cm³/mol. The van der Waals surface area contributed by atoms with Crippen LogP contribution in [0.15, 0.2) is 11.6 Å². The van der Waals surface area contributed by atoms with Crippen molar-refractivity contribution in [2.24, 2.45) is 34.5 Å². The van der Waals surface area contributed by atoms with E-state index in [1.165, 1.54) is 51.4 Å². The first-order valence-electron chi connectivity index (χ1n) is 11.3. The van der Waals surface area contributed by atoms with Gasteiger partial charge in [0, 0.05) is 12.1 Å². The highest BCUT2D eigenvalue weighted by Gasteiger charge is 2.59. The van der Waals surface area contributed by atoms with Crippen LogP contribution in [-0.2, 0) is 0 Å². The van der Waals surface area contributed by atoms with Gasteiger partial charge in [0.15, 0.2) is 0 Å². The number of hydrogen-bond donors (Lipinski definition) is 1. The minimum Gasteiger partial charge on any atom is -0.317 e. The monoisotopic (exact) mass is 358 g/mol. The third-order valence-electron chi connectivity index (χ3n) is 9.98. The maximum absolute atomic E-state index is 3.55. The minimum absolute atomic E-state index is 0.503. The minimum atomic E-state index is 0.503. The van der Waals surface area contributed by atoms with Gasteiger partial charge in [0.25, 0.3) is 0 Å². The molecule has 8 atom stereocenters. The second kappa shape index (κ2) is 6.62. The van der Waals surface area contributed by atoms with Crippen molar-refractivity contribution in [2.75, 3.05) is 21.1 Å². The van der Waals surface area contributed by atoms with E-state index in [1.807, 2.05) is 5.57 Å². The molecule has 0 amide bonds. The van der Waals surface area contributed by atoms with Crippen molar-refractivity contribution >= 4 is 0 Å². The van der Waals surface area contributed by atoms with Gasteiger partial charge in [0.05, 0.1) is 0 Å². The molecular weight excluding hydrogens is 316 g/mol. The Labute approximate surface area is 162 Å². The first-order valence-corrected chi connectivity index (χ1v) is 11.3. The molecule has 2 heteroatoms. The summed E-state index contributed by atoms with van der Waals surface area (Å²) in [6.07, 6.45) is 14.1. The van der Waals surface area contributed by atoms with E-state index in [4.69, 9.17) is 0 Å². The van der Waals surface area contributed by atoms with E-state index < -0.39 is 0 Å². The Bertz CT molecular complexity index is 567. The molecule has 4 aliphatic rings. The van der Waals surface area contributed by atoms with Crippen LogP contribution in [0.2, 0.25) is 0 Å². The van der Waals surface area contributed by atoms with Gasteiger partial charge in [-0.1, -0.05) is 25.5 Å². The Morgan fingerprint density at radius 1 is 1.08 bits per heavy atom. The molecule has 3 fully saturated rings. The number of nitrogens with one attached hydrogen (secondary N) is 1. The Kier molecular flexibility index (Phi) is 4.84. The lowest BCUT2D eigenvalue weighted by atomic mass is 9.47. The molecule has 0 bridgehead atoms. The van der Waals surface area contributed by atoms with Gasteiger partial charge in [-0.2, -0.15) is 0 Å². The zero-order chi connectivity index (χ0) is 18.7. The lowest BCUT2D eigenvalue weighted by Crippen LogP contribution is -2.52. The van der Waals surface area contributed by atoms with Crippen LogP contribution in [0.25, 0.3) is 0 Å². The summed E-state index contributed by atoms with van der Waals surface area (Å²) in [7, 11) is 6.71.